The molecule has 1 rings (SSSR count). The molecular formula is C12H15N3O4. The average molecular weight is 265 g/mol. The van der Waals surface area contributed by atoms with Crippen molar-refractivity contribution in [2.75, 3.05) is 5.32 Å². The summed E-state index contributed by atoms with van der Waals surface area (Å²) in [6.45, 7) is 3.56. The third-order valence-corrected chi connectivity index (χ3v) is 2.29. The van der Waals surface area contributed by atoms with E-state index in [-0.39, 0.29) is 12.8 Å². The molecule has 3 amide bonds. The van der Waals surface area contributed by atoms with Crippen LogP contribution < -0.4 is 10.6 Å². The second-order valence-corrected chi connectivity index (χ2v) is 3.98. The largest absolute Gasteiger partial charge is 0.481 e. The standard InChI is InChI=1S/C12H15N3O4/c1-7-3-4-9(8(2)13-7)14-12(19)15-10(16)5-6-11(17)18/h3-4H,5-6H2,1-2H3,(H,17,18)(H2,14,15,16,19). The fourth-order valence-electron chi connectivity index (χ4n) is 1.38. The van der Waals surface area contributed by atoms with Crippen molar-refractivity contribution >= 4 is 23.6 Å². The summed E-state index contributed by atoms with van der Waals surface area (Å²) in [5, 5.41) is 12.9. The van der Waals surface area contributed by atoms with Gasteiger partial charge in [0, 0.05) is 12.1 Å². The molecule has 3 N–H and O–H groups in total. The molecule has 0 saturated carbocycles. The molecule has 0 aliphatic heterocycles. The number of carbonyl (C=O) groups excluding carboxylic acids is 2. The Morgan fingerprint density at radius 1 is 1.21 bits per heavy atom. The van der Waals surface area contributed by atoms with Crippen LogP contribution in [0.5, 0.6) is 0 Å². The number of pyridine rings is 1. The fourth-order valence-corrected chi connectivity index (χ4v) is 1.38. The molecule has 1 aromatic heterocycles. The molecule has 0 atom stereocenters. The molecule has 0 bridgehead atoms. The van der Waals surface area contributed by atoms with Crippen LogP contribution in [0.15, 0.2) is 12.1 Å². The van der Waals surface area contributed by atoms with E-state index in [1.165, 1.54) is 0 Å². The van der Waals surface area contributed by atoms with E-state index in [4.69, 9.17) is 5.11 Å². The van der Waals surface area contributed by atoms with Gasteiger partial charge < -0.3 is 10.4 Å². The smallest absolute Gasteiger partial charge is 0.325 e. The lowest BCUT2D eigenvalue weighted by Gasteiger charge is -2.08. The summed E-state index contributed by atoms with van der Waals surface area (Å²) in [6, 6.07) is 2.71. The zero-order valence-electron chi connectivity index (χ0n) is 10.7. The second-order valence-electron chi connectivity index (χ2n) is 3.98. The third-order valence-electron chi connectivity index (χ3n) is 2.29. The van der Waals surface area contributed by atoms with Gasteiger partial charge in [-0.05, 0) is 26.0 Å². The number of hydrogen-bond donors (Lipinski definition) is 3. The molecule has 102 valence electrons. The van der Waals surface area contributed by atoms with E-state index in [0.29, 0.717) is 11.4 Å². The number of hydrogen-bond acceptors (Lipinski definition) is 4. The summed E-state index contributed by atoms with van der Waals surface area (Å²) in [7, 11) is 0. The number of aryl methyl sites for hydroxylation is 2. The third kappa shape index (κ3) is 5.15. The normalized spacial score (nSPS) is 9.79. The van der Waals surface area contributed by atoms with Gasteiger partial charge in [-0.3, -0.25) is 19.9 Å². The molecule has 0 aromatic carbocycles. The number of aromatic nitrogens is 1. The van der Waals surface area contributed by atoms with E-state index in [2.05, 4.69) is 10.3 Å². The first-order chi connectivity index (χ1) is 8.88. The number of carbonyl (C=O) groups is 3. The molecule has 7 heteroatoms. The number of nitrogens with zero attached hydrogens (tertiary/aromatic N) is 1. The van der Waals surface area contributed by atoms with Crippen molar-refractivity contribution in [1.29, 1.82) is 0 Å². The van der Waals surface area contributed by atoms with Crippen LogP contribution >= 0.6 is 0 Å². The Kier molecular flexibility index (Phi) is 4.99. The quantitative estimate of drug-likeness (QED) is 0.758. The van der Waals surface area contributed by atoms with Crippen molar-refractivity contribution in [3.05, 3.63) is 23.5 Å². The second kappa shape index (κ2) is 6.48. The Morgan fingerprint density at radius 3 is 2.47 bits per heavy atom. The van der Waals surface area contributed by atoms with Crippen molar-refractivity contribution in [2.45, 2.75) is 26.7 Å². The minimum absolute atomic E-state index is 0.242. The van der Waals surface area contributed by atoms with Crippen LogP contribution in [0.2, 0.25) is 0 Å². The van der Waals surface area contributed by atoms with Gasteiger partial charge in [-0.1, -0.05) is 0 Å². The molecule has 0 fully saturated rings. The highest BCUT2D eigenvalue weighted by Gasteiger charge is 2.10. The molecule has 0 aliphatic rings. The van der Waals surface area contributed by atoms with Crippen molar-refractivity contribution in [3.8, 4) is 0 Å². The lowest BCUT2D eigenvalue weighted by atomic mass is 10.3. The van der Waals surface area contributed by atoms with Gasteiger partial charge in [0.15, 0.2) is 0 Å². The molecule has 0 spiro atoms. The maximum Gasteiger partial charge on any atom is 0.325 e. The van der Waals surface area contributed by atoms with Crippen LogP contribution in [0.25, 0.3) is 0 Å². The zero-order valence-corrected chi connectivity index (χ0v) is 10.7. The summed E-state index contributed by atoms with van der Waals surface area (Å²) in [5.74, 6) is -1.73. The highest BCUT2D eigenvalue weighted by atomic mass is 16.4. The summed E-state index contributed by atoms with van der Waals surface area (Å²) in [4.78, 5) is 37.2. The Hall–Kier alpha value is -2.44. The summed E-state index contributed by atoms with van der Waals surface area (Å²) < 4.78 is 0. The van der Waals surface area contributed by atoms with E-state index in [9.17, 15) is 14.4 Å². The van der Waals surface area contributed by atoms with Gasteiger partial charge in [-0.15, -0.1) is 0 Å². The first-order valence-electron chi connectivity index (χ1n) is 5.65. The highest BCUT2D eigenvalue weighted by molar-refractivity contribution is 6.01. The maximum atomic E-state index is 11.5. The van der Waals surface area contributed by atoms with Crippen LogP contribution in [0.4, 0.5) is 10.5 Å². The number of nitrogens with one attached hydrogen (secondary N) is 2. The first-order valence-corrected chi connectivity index (χ1v) is 5.65. The monoisotopic (exact) mass is 265 g/mol. The topological polar surface area (TPSA) is 108 Å². The molecule has 0 unspecified atom stereocenters. The Balaban J connectivity index is 2.51. The van der Waals surface area contributed by atoms with Gasteiger partial charge in [0.1, 0.15) is 0 Å². The van der Waals surface area contributed by atoms with E-state index in [1.807, 2.05) is 12.2 Å². The number of aliphatic carboxylic acids is 1. The highest BCUT2D eigenvalue weighted by Crippen LogP contribution is 2.12. The lowest BCUT2D eigenvalue weighted by Crippen LogP contribution is -2.34. The van der Waals surface area contributed by atoms with Crippen LogP contribution in [0.3, 0.4) is 0 Å². The van der Waals surface area contributed by atoms with Crippen molar-refractivity contribution in [1.82, 2.24) is 10.3 Å². The molecule has 7 nitrogen and oxygen atoms in total. The van der Waals surface area contributed by atoms with E-state index in [1.54, 1.807) is 19.1 Å². The van der Waals surface area contributed by atoms with Gasteiger partial charge in [-0.25, -0.2) is 4.79 Å². The fraction of sp³-hybridized carbons (Fsp3) is 0.333. The molecule has 1 aromatic rings. The maximum absolute atomic E-state index is 11.5. The molecule has 0 saturated heterocycles. The minimum atomic E-state index is -1.09. The Labute approximate surface area is 110 Å². The van der Waals surface area contributed by atoms with Crippen molar-refractivity contribution in [2.24, 2.45) is 0 Å². The van der Waals surface area contributed by atoms with E-state index < -0.39 is 17.9 Å². The van der Waals surface area contributed by atoms with Crippen molar-refractivity contribution < 1.29 is 19.5 Å². The van der Waals surface area contributed by atoms with Crippen LogP contribution in [0.1, 0.15) is 24.2 Å². The Bertz CT molecular complexity index is 514. The first kappa shape index (κ1) is 14.6. The number of urea groups is 1. The van der Waals surface area contributed by atoms with Gasteiger partial charge in [0.05, 0.1) is 17.8 Å². The number of carboxylic acid groups (broad SMARTS) is 1. The van der Waals surface area contributed by atoms with E-state index in [0.717, 1.165) is 5.69 Å². The molecular weight excluding hydrogens is 250 g/mol. The number of imide groups is 1. The zero-order chi connectivity index (χ0) is 14.4. The molecule has 0 radical (unpaired) electrons. The number of anilines is 1. The average Bonchev–Trinajstić information content (AvgIpc) is 2.30. The van der Waals surface area contributed by atoms with E-state index >= 15 is 0 Å². The molecule has 1 heterocycles. The predicted octanol–water partition coefficient (Wildman–Crippen LogP) is 1.21. The van der Waals surface area contributed by atoms with Crippen LogP contribution in [0, 0.1) is 13.8 Å². The molecule has 19 heavy (non-hydrogen) atoms. The number of carboxylic acids is 1. The predicted molar refractivity (Wildman–Crippen MR) is 67.7 cm³/mol. The number of rotatable bonds is 4. The minimum Gasteiger partial charge on any atom is -0.481 e. The summed E-state index contributed by atoms with van der Waals surface area (Å²) in [6.07, 6.45) is -0.557. The van der Waals surface area contributed by atoms with Crippen LogP contribution in [-0.4, -0.2) is 28.0 Å². The van der Waals surface area contributed by atoms with Crippen molar-refractivity contribution in [3.63, 3.8) is 0 Å². The van der Waals surface area contributed by atoms with Crippen LogP contribution in [-0.2, 0) is 9.59 Å². The SMILES string of the molecule is Cc1ccc(NC(=O)NC(=O)CCC(=O)O)c(C)n1. The summed E-state index contributed by atoms with van der Waals surface area (Å²) in [5.41, 5.74) is 1.95. The lowest BCUT2D eigenvalue weighted by molar-refractivity contribution is -0.138. The van der Waals surface area contributed by atoms with Gasteiger partial charge in [0.25, 0.3) is 0 Å². The van der Waals surface area contributed by atoms with Gasteiger partial charge in [-0.2, -0.15) is 0 Å². The van der Waals surface area contributed by atoms with Gasteiger partial charge in [0.2, 0.25) is 5.91 Å². The Morgan fingerprint density at radius 2 is 1.89 bits per heavy atom. The molecule has 0 aliphatic carbocycles. The number of amides is 3. The summed E-state index contributed by atoms with van der Waals surface area (Å²) >= 11 is 0. The van der Waals surface area contributed by atoms with Gasteiger partial charge >= 0.3 is 12.0 Å².